The molecule has 0 saturated carbocycles. The summed E-state index contributed by atoms with van der Waals surface area (Å²) < 4.78 is 0. The van der Waals surface area contributed by atoms with Crippen LogP contribution in [0.4, 0.5) is 0 Å². The molecule has 36 heavy (non-hydrogen) atoms. The summed E-state index contributed by atoms with van der Waals surface area (Å²) >= 11 is 0. The molecule has 0 amide bonds. The molecule has 0 fully saturated rings. The molecule has 0 aliphatic heterocycles. The van der Waals surface area contributed by atoms with Gasteiger partial charge < -0.3 is 0 Å². The van der Waals surface area contributed by atoms with E-state index >= 15 is 0 Å². The van der Waals surface area contributed by atoms with Crippen LogP contribution in [0.5, 0.6) is 0 Å². The fraction of sp³-hybridized carbons (Fsp3) is 0.588. The zero-order valence-electron chi connectivity index (χ0n) is 25.3. The van der Waals surface area contributed by atoms with Crippen molar-refractivity contribution in [2.75, 3.05) is 14.1 Å². The molecule has 0 spiro atoms. The lowest BCUT2D eigenvalue weighted by Crippen LogP contribution is -2.28. The van der Waals surface area contributed by atoms with E-state index in [1.807, 2.05) is 14.1 Å². The molecule has 0 saturated heterocycles. The Morgan fingerprint density at radius 1 is 0.528 bits per heavy atom. The van der Waals surface area contributed by atoms with E-state index in [1.54, 1.807) is 0 Å². The van der Waals surface area contributed by atoms with Crippen LogP contribution in [-0.4, -0.2) is 25.5 Å². The van der Waals surface area contributed by atoms with E-state index in [1.165, 1.54) is 96.0 Å². The molecule has 200 valence electrons. The Morgan fingerprint density at radius 3 is 1.17 bits per heavy atom. The van der Waals surface area contributed by atoms with Gasteiger partial charge in [-0.1, -0.05) is 87.8 Å². The minimum absolute atomic E-state index is 1.05. The van der Waals surface area contributed by atoms with Gasteiger partial charge in [-0.3, -0.25) is 9.98 Å². The summed E-state index contributed by atoms with van der Waals surface area (Å²) in [7, 11) is 3.87. The van der Waals surface area contributed by atoms with E-state index in [0.717, 1.165) is 24.3 Å². The number of hydrogen-bond donors (Lipinski definition) is 0. The van der Waals surface area contributed by atoms with Gasteiger partial charge in [0.15, 0.2) is 0 Å². The highest BCUT2D eigenvalue weighted by Crippen LogP contribution is 2.40. The molecule has 0 radical (unpaired) electrons. The fourth-order valence-electron chi connectivity index (χ4n) is 4.87. The number of rotatable bonds is 14. The monoisotopic (exact) mass is 490 g/mol. The summed E-state index contributed by atoms with van der Waals surface area (Å²) in [5.41, 5.74) is 13.0. The topological polar surface area (TPSA) is 24.7 Å². The van der Waals surface area contributed by atoms with Gasteiger partial charge in [-0.25, -0.2) is 0 Å². The van der Waals surface area contributed by atoms with Crippen molar-refractivity contribution in [3.63, 3.8) is 0 Å². The predicted octanol–water partition coefficient (Wildman–Crippen LogP) is 10.5. The molecule has 0 N–H and O–H groups in total. The van der Waals surface area contributed by atoms with Crippen molar-refractivity contribution in [3.05, 3.63) is 68.9 Å². The molecule has 2 nitrogen and oxygen atoms in total. The smallest absolute Gasteiger partial charge is 0.0906 e. The maximum atomic E-state index is 4.89. The van der Waals surface area contributed by atoms with Crippen LogP contribution in [0.3, 0.4) is 0 Å². The van der Waals surface area contributed by atoms with E-state index in [9.17, 15) is 0 Å². The van der Waals surface area contributed by atoms with Crippen molar-refractivity contribution in [3.8, 4) is 0 Å². The zero-order valence-corrected chi connectivity index (χ0v) is 25.3. The third-order valence-corrected chi connectivity index (χ3v) is 6.80. The van der Waals surface area contributed by atoms with Crippen molar-refractivity contribution >= 4 is 11.4 Å². The van der Waals surface area contributed by atoms with Crippen molar-refractivity contribution in [2.45, 2.75) is 120 Å². The van der Waals surface area contributed by atoms with Crippen molar-refractivity contribution in [2.24, 2.45) is 9.98 Å². The SMILES string of the molecule is CCCCCCC1=C(/C(C)=C/C=C(C)C)C(=NC)C(=NC)C(/C(C)=C/C=C(C)C)=C1CCCCCC. The van der Waals surface area contributed by atoms with Gasteiger partial charge in [0.1, 0.15) is 0 Å². The van der Waals surface area contributed by atoms with Crippen LogP contribution in [0.2, 0.25) is 0 Å². The Bertz CT molecular complexity index is 883. The minimum Gasteiger partial charge on any atom is -0.286 e. The quantitative estimate of drug-likeness (QED) is 0.131. The van der Waals surface area contributed by atoms with Crippen molar-refractivity contribution in [1.29, 1.82) is 0 Å². The van der Waals surface area contributed by atoms with Crippen LogP contribution in [0.25, 0.3) is 0 Å². The van der Waals surface area contributed by atoms with Gasteiger partial charge in [0, 0.05) is 25.2 Å². The lowest BCUT2D eigenvalue weighted by atomic mass is 9.74. The van der Waals surface area contributed by atoms with E-state index < -0.39 is 0 Å². The molecule has 1 aliphatic rings. The van der Waals surface area contributed by atoms with Gasteiger partial charge >= 0.3 is 0 Å². The largest absolute Gasteiger partial charge is 0.286 e. The molecule has 0 unspecified atom stereocenters. The van der Waals surface area contributed by atoms with Crippen LogP contribution in [0, 0.1) is 0 Å². The maximum absolute atomic E-state index is 4.89. The lowest BCUT2D eigenvalue weighted by molar-refractivity contribution is 0.646. The fourth-order valence-corrected chi connectivity index (χ4v) is 4.87. The Kier molecular flexibility index (Phi) is 15.3. The summed E-state index contributed by atoms with van der Waals surface area (Å²) in [5, 5.41) is 0. The third kappa shape index (κ3) is 9.68. The second kappa shape index (κ2) is 17.3. The molecule has 0 aromatic carbocycles. The Morgan fingerprint density at radius 2 is 0.889 bits per heavy atom. The summed E-state index contributed by atoms with van der Waals surface area (Å²) in [6.45, 7) is 17.7. The number of allylic oxidation sites excluding steroid dienone is 12. The van der Waals surface area contributed by atoms with Gasteiger partial charge in [-0.2, -0.15) is 0 Å². The first-order chi connectivity index (χ1) is 17.2. The zero-order chi connectivity index (χ0) is 27.1. The third-order valence-electron chi connectivity index (χ3n) is 6.80. The molecule has 0 bridgehead atoms. The van der Waals surface area contributed by atoms with Gasteiger partial charge in [0.2, 0.25) is 0 Å². The second-order valence-electron chi connectivity index (χ2n) is 10.7. The summed E-state index contributed by atoms with van der Waals surface area (Å²) in [4.78, 5) is 9.77. The molecule has 1 aliphatic carbocycles. The minimum atomic E-state index is 1.05. The standard InChI is InChI=1S/C34H54N2/c1-11-13-15-17-19-29-30(20-18-16-14-12-2)32(28(8)24-22-26(5)6)34(36-10)33(35-9)31(29)27(7)23-21-25(3)4/h21-24H,11-20H2,1-10H3/b27-23+,28-24+,35-33?,36-34?. The highest BCUT2D eigenvalue weighted by Gasteiger charge is 2.31. The molecule has 0 aromatic heterocycles. The van der Waals surface area contributed by atoms with E-state index in [2.05, 4.69) is 79.7 Å². The van der Waals surface area contributed by atoms with E-state index in [0.29, 0.717) is 0 Å². The summed E-state index contributed by atoms with van der Waals surface area (Å²) in [6, 6.07) is 0. The van der Waals surface area contributed by atoms with Crippen LogP contribution in [-0.2, 0) is 0 Å². The normalized spacial score (nSPS) is 17.4. The van der Waals surface area contributed by atoms with E-state index in [-0.39, 0.29) is 0 Å². The van der Waals surface area contributed by atoms with Gasteiger partial charge in [-0.15, -0.1) is 0 Å². The Hall–Kier alpha value is -2.22. The molecular weight excluding hydrogens is 436 g/mol. The molecule has 2 heteroatoms. The van der Waals surface area contributed by atoms with Crippen LogP contribution in [0.1, 0.15) is 120 Å². The van der Waals surface area contributed by atoms with Crippen LogP contribution in [0.15, 0.2) is 78.9 Å². The molecular formula is C34H54N2. The molecule has 0 heterocycles. The lowest BCUT2D eigenvalue weighted by Gasteiger charge is -2.31. The van der Waals surface area contributed by atoms with Crippen LogP contribution >= 0.6 is 0 Å². The highest BCUT2D eigenvalue weighted by atomic mass is 14.8. The first-order valence-corrected chi connectivity index (χ1v) is 14.3. The molecule has 1 rings (SSSR count). The van der Waals surface area contributed by atoms with Crippen molar-refractivity contribution in [1.82, 2.24) is 0 Å². The average molecular weight is 491 g/mol. The van der Waals surface area contributed by atoms with Gasteiger partial charge in [0.05, 0.1) is 11.4 Å². The second-order valence-corrected chi connectivity index (χ2v) is 10.7. The summed E-state index contributed by atoms with van der Waals surface area (Å²) in [5.74, 6) is 0. The van der Waals surface area contributed by atoms with E-state index in [4.69, 9.17) is 9.98 Å². The Balaban J connectivity index is 3.97. The molecule has 0 aromatic rings. The number of hydrogen-bond acceptors (Lipinski definition) is 2. The van der Waals surface area contributed by atoms with Crippen LogP contribution < -0.4 is 0 Å². The number of unbranched alkanes of at least 4 members (excludes halogenated alkanes) is 6. The van der Waals surface area contributed by atoms with Crippen molar-refractivity contribution < 1.29 is 0 Å². The summed E-state index contributed by atoms with van der Waals surface area (Å²) in [6.07, 6.45) is 21.3. The first-order valence-electron chi connectivity index (χ1n) is 14.3. The average Bonchev–Trinajstić information content (AvgIpc) is 2.85. The van der Waals surface area contributed by atoms with Gasteiger partial charge in [0.25, 0.3) is 0 Å². The Labute approximate surface area is 223 Å². The predicted molar refractivity (Wildman–Crippen MR) is 165 cm³/mol. The van der Waals surface area contributed by atoms with Gasteiger partial charge in [-0.05, 0) is 89.5 Å². The number of nitrogens with zero attached hydrogens (tertiary/aromatic N) is 2. The first kappa shape index (κ1) is 31.8. The maximum Gasteiger partial charge on any atom is 0.0906 e. The number of aliphatic imine (C=N–C) groups is 2. The molecule has 0 atom stereocenters. The highest BCUT2D eigenvalue weighted by molar-refractivity contribution is 6.56.